The summed E-state index contributed by atoms with van der Waals surface area (Å²) >= 11 is 0. The normalized spacial score (nSPS) is 18.4. The van der Waals surface area contributed by atoms with Crippen LogP contribution in [0.4, 0.5) is 0 Å². The maximum Gasteiger partial charge on any atom is 0.0309 e. The highest BCUT2D eigenvalue weighted by Crippen LogP contribution is 2.44. The van der Waals surface area contributed by atoms with Gasteiger partial charge in [0.25, 0.3) is 0 Å². The Hall–Kier alpha value is -1.63. The molecule has 0 N–H and O–H groups in total. The minimum Gasteiger partial charge on any atom is -0.264 e. The summed E-state index contributed by atoms with van der Waals surface area (Å²) in [6.45, 7) is 6.99. The van der Waals surface area contributed by atoms with E-state index in [1.165, 1.54) is 22.3 Å². The first-order valence-electron chi connectivity index (χ1n) is 7.08. The fourth-order valence-electron chi connectivity index (χ4n) is 3.34. The van der Waals surface area contributed by atoms with E-state index in [9.17, 15) is 0 Å². The van der Waals surface area contributed by atoms with Crippen molar-refractivity contribution in [3.05, 3.63) is 65.0 Å². The van der Waals surface area contributed by atoms with Crippen LogP contribution in [0.5, 0.6) is 0 Å². The SMILES string of the molecule is CC(C)(C)C1c2ccccc2CCc2ccncc21. The summed E-state index contributed by atoms with van der Waals surface area (Å²) in [5.41, 5.74) is 6.07. The number of pyridine rings is 1. The van der Waals surface area contributed by atoms with Crippen LogP contribution < -0.4 is 0 Å². The van der Waals surface area contributed by atoms with Gasteiger partial charge in [0, 0.05) is 18.3 Å². The molecule has 0 radical (unpaired) electrons. The molecule has 1 nitrogen and oxygen atoms in total. The molecule has 0 fully saturated rings. The Bertz CT molecular complexity index is 545. The van der Waals surface area contributed by atoms with Crippen molar-refractivity contribution in [1.82, 2.24) is 4.98 Å². The van der Waals surface area contributed by atoms with E-state index in [0.29, 0.717) is 5.92 Å². The molecule has 0 spiro atoms. The smallest absolute Gasteiger partial charge is 0.0309 e. The molecule has 1 aromatic heterocycles. The Labute approximate surface area is 115 Å². The minimum atomic E-state index is 0.207. The van der Waals surface area contributed by atoms with E-state index >= 15 is 0 Å². The Kier molecular flexibility index (Phi) is 2.93. The first kappa shape index (κ1) is 12.4. The van der Waals surface area contributed by atoms with E-state index in [1.807, 2.05) is 6.20 Å². The summed E-state index contributed by atoms with van der Waals surface area (Å²) in [6.07, 6.45) is 6.27. The first-order chi connectivity index (χ1) is 9.07. The maximum absolute atomic E-state index is 4.38. The largest absolute Gasteiger partial charge is 0.264 e. The second-order valence-electron chi connectivity index (χ2n) is 6.57. The third-order valence-electron chi connectivity index (χ3n) is 4.15. The van der Waals surface area contributed by atoms with E-state index in [0.717, 1.165) is 12.8 Å². The van der Waals surface area contributed by atoms with Gasteiger partial charge in [-0.3, -0.25) is 4.98 Å². The monoisotopic (exact) mass is 251 g/mol. The van der Waals surface area contributed by atoms with E-state index in [-0.39, 0.29) is 5.41 Å². The standard InChI is InChI=1S/C18H21N/c1-18(2,3)17-15-7-5-4-6-13(15)8-9-14-10-11-19-12-16(14)17/h4-7,10-12,17H,8-9H2,1-3H3. The van der Waals surface area contributed by atoms with Crippen molar-refractivity contribution in [3.8, 4) is 0 Å². The number of nitrogens with zero attached hydrogens (tertiary/aromatic N) is 1. The minimum absolute atomic E-state index is 0.207. The van der Waals surface area contributed by atoms with Gasteiger partial charge in [0.05, 0.1) is 0 Å². The van der Waals surface area contributed by atoms with Gasteiger partial charge in [0.1, 0.15) is 0 Å². The van der Waals surface area contributed by atoms with Gasteiger partial charge in [-0.2, -0.15) is 0 Å². The average Bonchev–Trinajstić information content (AvgIpc) is 2.54. The van der Waals surface area contributed by atoms with E-state index < -0.39 is 0 Å². The summed E-state index contributed by atoms with van der Waals surface area (Å²) in [5, 5.41) is 0. The summed E-state index contributed by atoms with van der Waals surface area (Å²) in [6, 6.07) is 11.1. The van der Waals surface area contributed by atoms with Crippen molar-refractivity contribution in [3.63, 3.8) is 0 Å². The van der Waals surface area contributed by atoms with Crippen LogP contribution in [0.2, 0.25) is 0 Å². The van der Waals surface area contributed by atoms with Crippen LogP contribution in [0.3, 0.4) is 0 Å². The molecular formula is C18H21N. The molecule has 1 heterocycles. The highest BCUT2D eigenvalue weighted by Gasteiger charge is 2.32. The van der Waals surface area contributed by atoms with Crippen molar-refractivity contribution in [2.45, 2.75) is 39.5 Å². The van der Waals surface area contributed by atoms with Crippen LogP contribution in [0.25, 0.3) is 0 Å². The van der Waals surface area contributed by atoms with Crippen LogP contribution in [0, 0.1) is 5.41 Å². The van der Waals surface area contributed by atoms with Crippen molar-refractivity contribution < 1.29 is 0 Å². The van der Waals surface area contributed by atoms with Gasteiger partial charge in [-0.1, -0.05) is 45.0 Å². The molecule has 0 saturated carbocycles. The fourth-order valence-corrected chi connectivity index (χ4v) is 3.34. The van der Waals surface area contributed by atoms with E-state index in [2.05, 4.69) is 62.3 Å². The molecule has 19 heavy (non-hydrogen) atoms. The fraction of sp³-hybridized carbons (Fsp3) is 0.389. The third kappa shape index (κ3) is 2.18. The summed E-state index contributed by atoms with van der Waals surface area (Å²) in [4.78, 5) is 4.38. The van der Waals surface area contributed by atoms with Crippen molar-refractivity contribution in [2.24, 2.45) is 5.41 Å². The van der Waals surface area contributed by atoms with Gasteiger partial charge < -0.3 is 0 Å². The van der Waals surface area contributed by atoms with Crippen LogP contribution in [0.15, 0.2) is 42.7 Å². The zero-order valence-electron chi connectivity index (χ0n) is 12.0. The lowest BCUT2D eigenvalue weighted by molar-refractivity contribution is 0.357. The van der Waals surface area contributed by atoms with Crippen LogP contribution in [0.1, 0.15) is 48.9 Å². The van der Waals surface area contributed by atoms with E-state index in [1.54, 1.807) is 0 Å². The van der Waals surface area contributed by atoms with Gasteiger partial charge >= 0.3 is 0 Å². The molecule has 1 aliphatic carbocycles. The molecule has 2 aromatic rings. The van der Waals surface area contributed by atoms with Crippen LogP contribution in [-0.2, 0) is 12.8 Å². The quantitative estimate of drug-likeness (QED) is 0.678. The molecule has 0 bridgehead atoms. The van der Waals surface area contributed by atoms with Gasteiger partial charge in [0.15, 0.2) is 0 Å². The average molecular weight is 251 g/mol. The molecule has 1 aromatic carbocycles. The predicted molar refractivity (Wildman–Crippen MR) is 79.4 cm³/mol. The van der Waals surface area contributed by atoms with Gasteiger partial charge in [-0.15, -0.1) is 0 Å². The highest BCUT2D eigenvalue weighted by molar-refractivity contribution is 5.45. The Morgan fingerprint density at radius 3 is 2.37 bits per heavy atom. The van der Waals surface area contributed by atoms with E-state index in [4.69, 9.17) is 0 Å². The molecule has 1 aliphatic rings. The molecule has 98 valence electrons. The third-order valence-corrected chi connectivity index (χ3v) is 4.15. The summed E-state index contributed by atoms with van der Waals surface area (Å²) in [7, 11) is 0. The molecule has 0 aliphatic heterocycles. The van der Waals surface area contributed by atoms with Crippen molar-refractivity contribution >= 4 is 0 Å². The lowest BCUT2D eigenvalue weighted by Crippen LogP contribution is -2.21. The van der Waals surface area contributed by atoms with Gasteiger partial charge in [0.2, 0.25) is 0 Å². The zero-order chi connectivity index (χ0) is 13.5. The topological polar surface area (TPSA) is 12.9 Å². The van der Waals surface area contributed by atoms with Crippen molar-refractivity contribution in [1.29, 1.82) is 0 Å². The highest BCUT2D eigenvalue weighted by atomic mass is 14.6. The predicted octanol–water partition coefficient (Wildman–Crippen LogP) is 4.36. The Morgan fingerprint density at radius 1 is 0.947 bits per heavy atom. The molecule has 0 amide bonds. The van der Waals surface area contributed by atoms with Crippen molar-refractivity contribution in [2.75, 3.05) is 0 Å². The maximum atomic E-state index is 4.38. The molecule has 1 heteroatoms. The molecule has 1 unspecified atom stereocenters. The number of fused-ring (bicyclic) bond motifs is 2. The second kappa shape index (κ2) is 4.48. The lowest BCUT2D eigenvalue weighted by Gasteiger charge is -2.32. The Morgan fingerprint density at radius 2 is 1.63 bits per heavy atom. The van der Waals surface area contributed by atoms with Crippen LogP contribution in [-0.4, -0.2) is 4.98 Å². The van der Waals surface area contributed by atoms with Gasteiger partial charge in [-0.25, -0.2) is 0 Å². The number of hydrogen-bond acceptors (Lipinski definition) is 1. The number of aryl methyl sites for hydroxylation is 2. The second-order valence-corrected chi connectivity index (χ2v) is 6.57. The summed E-state index contributed by atoms with van der Waals surface area (Å²) < 4.78 is 0. The Balaban J connectivity index is 2.25. The number of aromatic nitrogens is 1. The van der Waals surface area contributed by atoms with Gasteiger partial charge in [-0.05, 0) is 46.6 Å². The molecule has 3 rings (SSSR count). The molecule has 0 saturated heterocycles. The lowest BCUT2D eigenvalue weighted by atomic mass is 9.72. The molecule has 1 atom stereocenters. The molecular weight excluding hydrogens is 230 g/mol. The number of rotatable bonds is 0. The number of benzene rings is 1. The zero-order valence-corrected chi connectivity index (χ0v) is 12.0. The van der Waals surface area contributed by atoms with Crippen LogP contribution >= 0.6 is 0 Å². The first-order valence-corrected chi connectivity index (χ1v) is 7.08. The number of hydrogen-bond donors (Lipinski definition) is 0. The summed E-state index contributed by atoms with van der Waals surface area (Å²) in [5.74, 6) is 0.440.